The van der Waals surface area contributed by atoms with Gasteiger partial charge in [0.05, 0.1) is 17.1 Å². The van der Waals surface area contributed by atoms with Gasteiger partial charge in [-0.15, -0.1) is 12.4 Å². The highest BCUT2D eigenvalue weighted by Gasteiger charge is 2.38. The predicted octanol–water partition coefficient (Wildman–Crippen LogP) is 5.48. The molecule has 30 heavy (non-hydrogen) atoms. The molecular formula is C23H35Cl2N3O2. The molecule has 7 heteroatoms. The average molecular weight is 456 g/mol. The molecule has 4 rings (SSSR count). The summed E-state index contributed by atoms with van der Waals surface area (Å²) < 4.78 is 7.95. The van der Waals surface area contributed by atoms with Crippen LogP contribution in [0.15, 0.2) is 16.9 Å². The molecule has 0 radical (unpaired) electrons. The minimum Gasteiger partial charge on any atom is -0.378 e. The van der Waals surface area contributed by atoms with Crippen LogP contribution in [0, 0.1) is 6.92 Å². The summed E-state index contributed by atoms with van der Waals surface area (Å²) in [5.41, 5.74) is 3.09. The van der Waals surface area contributed by atoms with E-state index in [1.165, 1.54) is 25.7 Å². The smallest absolute Gasteiger partial charge is 0.326 e. The van der Waals surface area contributed by atoms with Crippen LogP contribution in [0.5, 0.6) is 0 Å². The van der Waals surface area contributed by atoms with Crippen LogP contribution in [0.2, 0.25) is 5.02 Å². The third-order valence-electron chi connectivity index (χ3n) is 7.16. The van der Waals surface area contributed by atoms with Gasteiger partial charge in [-0.2, -0.15) is 0 Å². The van der Waals surface area contributed by atoms with Crippen molar-refractivity contribution in [2.45, 2.75) is 83.4 Å². The van der Waals surface area contributed by atoms with Crippen LogP contribution >= 0.6 is 24.0 Å². The fourth-order valence-electron chi connectivity index (χ4n) is 5.26. The zero-order chi connectivity index (χ0) is 20.6. The van der Waals surface area contributed by atoms with E-state index in [-0.39, 0.29) is 29.7 Å². The highest BCUT2D eigenvalue weighted by Crippen LogP contribution is 2.38. The molecule has 0 unspecified atom stereocenters. The number of halogens is 2. The number of hydrogen-bond donors (Lipinski definition) is 1. The molecule has 2 heterocycles. The van der Waals surface area contributed by atoms with E-state index < -0.39 is 0 Å². The first-order chi connectivity index (χ1) is 13.9. The normalized spacial score (nSPS) is 26.1. The molecule has 1 saturated carbocycles. The largest absolute Gasteiger partial charge is 0.378 e. The maximum absolute atomic E-state index is 12.7. The van der Waals surface area contributed by atoms with E-state index in [2.05, 4.69) is 23.7 Å². The number of likely N-dealkylation sites (tertiary alicyclic amines) is 1. The van der Waals surface area contributed by atoms with Crippen molar-refractivity contribution < 1.29 is 4.74 Å². The quantitative estimate of drug-likeness (QED) is 0.649. The minimum atomic E-state index is -0.0140. The molecule has 1 N–H and O–H groups in total. The fourth-order valence-corrected chi connectivity index (χ4v) is 5.42. The number of piperidine rings is 1. The lowest BCUT2D eigenvalue weighted by Gasteiger charge is -2.48. The molecule has 168 valence electrons. The third-order valence-corrected chi connectivity index (χ3v) is 7.56. The molecule has 2 aromatic rings. The summed E-state index contributed by atoms with van der Waals surface area (Å²) in [6.45, 7) is 9.57. The molecule has 0 amide bonds. The number of fused-ring (bicyclic) bond motifs is 1. The van der Waals surface area contributed by atoms with Gasteiger partial charge in [-0.3, -0.25) is 9.47 Å². The van der Waals surface area contributed by atoms with Gasteiger partial charge in [0, 0.05) is 36.3 Å². The van der Waals surface area contributed by atoms with Gasteiger partial charge in [-0.1, -0.05) is 18.5 Å². The molecule has 2 aliphatic rings. The lowest BCUT2D eigenvalue weighted by atomic mass is 9.79. The van der Waals surface area contributed by atoms with Crippen molar-refractivity contribution in [3.8, 4) is 0 Å². The Bertz CT molecular complexity index is 907. The lowest BCUT2D eigenvalue weighted by molar-refractivity contribution is -0.0305. The van der Waals surface area contributed by atoms with Gasteiger partial charge >= 0.3 is 5.69 Å². The number of aromatic nitrogens is 2. The van der Waals surface area contributed by atoms with E-state index in [1.54, 1.807) is 0 Å². The van der Waals surface area contributed by atoms with Crippen molar-refractivity contribution >= 4 is 35.0 Å². The molecule has 0 spiro atoms. The Morgan fingerprint density at radius 1 is 1.20 bits per heavy atom. The Balaban J connectivity index is 0.00000256. The van der Waals surface area contributed by atoms with Crippen LogP contribution in [0.25, 0.3) is 11.0 Å². The van der Waals surface area contributed by atoms with Crippen molar-refractivity contribution in [1.29, 1.82) is 0 Å². The first-order valence-electron chi connectivity index (χ1n) is 11.2. The Morgan fingerprint density at radius 3 is 2.50 bits per heavy atom. The first kappa shape index (κ1) is 23.6. The summed E-state index contributed by atoms with van der Waals surface area (Å²) in [6.07, 6.45) is 8.31. The topological polar surface area (TPSA) is 50.3 Å². The number of ether oxygens (including phenoxy) is 1. The van der Waals surface area contributed by atoms with E-state index in [0.717, 1.165) is 55.6 Å². The van der Waals surface area contributed by atoms with Crippen molar-refractivity contribution in [3.63, 3.8) is 0 Å². The van der Waals surface area contributed by atoms with E-state index >= 15 is 0 Å². The highest BCUT2D eigenvalue weighted by molar-refractivity contribution is 6.32. The maximum atomic E-state index is 12.7. The number of imidazole rings is 1. The number of hydrogen-bond acceptors (Lipinski definition) is 3. The van der Waals surface area contributed by atoms with Crippen LogP contribution in [-0.4, -0.2) is 45.8 Å². The molecule has 1 aliphatic heterocycles. The van der Waals surface area contributed by atoms with Crippen LogP contribution in [-0.2, 0) is 4.74 Å². The second-order valence-electron chi connectivity index (χ2n) is 9.20. The van der Waals surface area contributed by atoms with Crippen molar-refractivity contribution in [3.05, 3.63) is 33.2 Å². The Kier molecular flexibility index (Phi) is 7.60. The number of aromatic amines is 1. The molecule has 0 atom stereocenters. The summed E-state index contributed by atoms with van der Waals surface area (Å²) in [5.74, 6) is 0. The van der Waals surface area contributed by atoms with Crippen molar-refractivity contribution in [2.75, 3.05) is 19.7 Å². The van der Waals surface area contributed by atoms with E-state index in [0.29, 0.717) is 11.1 Å². The monoisotopic (exact) mass is 455 g/mol. The second kappa shape index (κ2) is 9.64. The van der Waals surface area contributed by atoms with Crippen LogP contribution in [0.3, 0.4) is 0 Å². The lowest BCUT2D eigenvalue weighted by Crippen LogP contribution is -2.53. The molecule has 5 nitrogen and oxygen atoms in total. The minimum absolute atomic E-state index is 0. The molecule has 1 aromatic carbocycles. The van der Waals surface area contributed by atoms with Gasteiger partial charge in [0.25, 0.3) is 0 Å². The zero-order valence-corrected chi connectivity index (χ0v) is 20.0. The van der Waals surface area contributed by atoms with Gasteiger partial charge in [0.15, 0.2) is 0 Å². The number of benzene rings is 1. The maximum Gasteiger partial charge on any atom is 0.326 e. The summed E-state index contributed by atoms with van der Waals surface area (Å²) in [4.78, 5) is 18.3. The summed E-state index contributed by atoms with van der Waals surface area (Å²) in [7, 11) is 0. The van der Waals surface area contributed by atoms with Crippen LogP contribution in [0.4, 0.5) is 0 Å². The Morgan fingerprint density at radius 2 is 1.87 bits per heavy atom. The number of nitrogens with zero attached hydrogens (tertiary/aromatic N) is 2. The second-order valence-corrected chi connectivity index (χ2v) is 9.61. The zero-order valence-electron chi connectivity index (χ0n) is 18.4. The van der Waals surface area contributed by atoms with E-state index in [1.807, 2.05) is 23.6 Å². The molecule has 0 bridgehead atoms. The highest BCUT2D eigenvalue weighted by atomic mass is 35.5. The van der Waals surface area contributed by atoms with Gasteiger partial charge < -0.3 is 9.72 Å². The number of aryl methyl sites for hydroxylation is 1. The van der Waals surface area contributed by atoms with Crippen LogP contribution in [0.1, 0.15) is 70.4 Å². The van der Waals surface area contributed by atoms with Gasteiger partial charge in [-0.05, 0) is 76.5 Å². The third kappa shape index (κ3) is 4.59. The fraction of sp³-hybridized carbons (Fsp3) is 0.696. The van der Waals surface area contributed by atoms with Crippen molar-refractivity contribution in [2.24, 2.45) is 0 Å². The first-order valence-corrected chi connectivity index (χ1v) is 11.6. The number of rotatable bonds is 5. The molecular weight excluding hydrogens is 421 g/mol. The van der Waals surface area contributed by atoms with Gasteiger partial charge in [-0.25, -0.2) is 4.79 Å². The molecule has 2 fully saturated rings. The SMILES string of the molecule is CCCOC1CCC(C)(N2CCC(n3c(=O)[nH]c4cc(Cl)c(C)cc43)CC2)CC1.Cl. The van der Waals surface area contributed by atoms with E-state index in [4.69, 9.17) is 16.3 Å². The summed E-state index contributed by atoms with van der Waals surface area (Å²) in [6, 6.07) is 4.17. The number of H-pyrrole nitrogens is 1. The Hall–Kier alpha value is -1.01. The standard InChI is InChI=1S/C23H34ClN3O2.ClH/c1-4-13-29-18-5-9-23(3,10-6-18)26-11-7-17(8-12-26)27-21-14-16(2)19(24)15-20(21)25-22(27)28;/h14-15,17-18H,4-13H2,1-3H3,(H,25,28);1H. The van der Waals surface area contributed by atoms with Gasteiger partial charge in [0.2, 0.25) is 0 Å². The Labute approximate surface area is 190 Å². The summed E-state index contributed by atoms with van der Waals surface area (Å²) in [5, 5.41) is 0.701. The number of nitrogens with one attached hydrogen (secondary N) is 1. The van der Waals surface area contributed by atoms with Gasteiger partial charge in [0.1, 0.15) is 0 Å². The average Bonchev–Trinajstić information content (AvgIpc) is 3.02. The molecule has 1 aliphatic carbocycles. The molecule has 1 aromatic heterocycles. The van der Waals surface area contributed by atoms with Crippen molar-refractivity contribution in [1.82, 2.24) is 14.5 Å². The van der Waals surface area contributed by atoms with Crippen LogP contribution < -0.4 is 5.69 Å². The van der Waals surface area contributed by atoms with E-state index in [9.17, 15) is 4.79 Å². The molecule has 1 saturated heterocycles. The predicted molar refractivity (Wildman–Crippen MR) is 126 cm³/mol. The summed E-state index contributed by atoms with van der Waals surface area (Å²) >= 11 is 6.25.